The second-order valence-corrected chi connectivity index (χ2v) is 7.65. The lowest BCUT2D eigenvalue weighted by Gasteiger charge is -2.08. The Morgan fingerprint density at radius 1 is 1.08 bits per heavy atom. The third-order valence-corrected chi connectivity index (χ3v) is 5.40. The molecule has 3 N–H and O–H groups in total. The first-order chi connectivity index (χ1) is 11.9. The van der Waals surface area contributed by atoms with Gasteiger partial charge in [-0.15, -0.1) is 11.3 Å². The average Bonchev–Trinajstić information content (AvgIpc) is 3.11. The summed E-state index contributed by atoms with van der Waals surface area (Å²) in [6.45, 7) is 0.0337. The van der Waals surface area contributed by atoms with Crippen LogP contribution in [-0.2, 0) is 14.8 Å². The summed E-state index contributed by atoms with van der Waals surface area (Å²) >= 11 is 1.24. The van der Waals surface area contributed by atoms with Crippen molar-refractivity contribution in [3.63, 3.8) is 0 Å². The van der Waals surface area contributed by atoms with Crippen LogP contribution in [0.4, 0.5) is 4.39 Å². The lowest BCUT2D eigenvalue weighted by molar-refractivity contribution is -0.121. The summed E-state index contributed by atoms with van der Waals surface area (Å²) in [5, 5.41) is 1.74. The molecule has 0 saturated heterocycles. The zero-order valence-corrected chi connectivity index (χ0v) is 14.6. The van der Waals surface area contributed by atoms with Gasteiger partial charge < -0.3 is 0 Å². The van der Waals surface area contributed by atoms with Gasteiger partial charge in [-0.05, 0) is 42.1 Å². The highest BCUT2D eigenvalue weighted by Crippen LogP contribution is 2.09. The molecule has 1 aromatic heterocycles. The van der Waals surface area contributed by atoms with Gasteiger partial charge >= 0.3 is 0 Å². The van der Waals surface area contributed by atoms with Crippen LogP contribution in [0.3, 0.4) is 0 Å². The lowest BCUT2D eigenvalue weighted by Crippen LogP contribution is -2.41. The maximum absolute atomic E-state index is 12.8. The van der Waals surface area contributed by atoms with E-state index >= 15 is 0 Å². The van der Waals surface area contributed by atoms with E-state index in [-0.39, 0.29) is 24.3 Å². The number of rotatable bonds is 7. The Balaban J connectivity index is 1.69. The molecule has 7 nitrogen and oxygen atoms in total. The number of sulfonamides is 1. The fourth-order valence-electron chi connectivity index (χ4n) is 1.81. The molecule has 1 aromatic carbocycles. The number of halogens is 1. The first-order valence-corrected chi connectivity index (χ1v) is 9.63. The van der Waals surface area contributed by atoms with Gasteiger partial charge in [0.15, 0.2) is 0 Å². The summed E-state index contributed by atoms with van der Waals surface area (Å²) in [6, 6.07) is 7.76. The molecule has 0 atom stereocenters. The number of hydrogen-bond acceptors (Lipinski definition) is 5. The van der Waals surface area contributed by atoms with E-state index in [1.54, 1.807) is 17.5 Å². The summed E-state index contributed by atoms with van der Waals surface area (Å²) in [5.74, 6) is -1.38. The van der Waals surface area contributed by atoms with Gasteiger partial charge in [-0.25, -0.2) is 17.5 Å². The standard InChI is InChI=1S/C15H16FN3O4S2/c16-11-5-7-12(8-6-11)25(22,23)17-9-1-4-14(20)18-19-15(21)13-3-2-10-24-13/h2-3,5-8,10,17H,1,4,9H2,(H,18,20)(H,19,21). The Bertz CT molecular complexity index is 821. The normalized spacial score (nSPS) is 11.1. The van der Waals surface area contributed by atoms with Gasteiger partial charge in [-0.3, -0.25) is 20.4 Å². The van der Waals surface area contributed by atoms with E-state index in [2.05, 4.69) is 15.6 Å². The highest BCUT2D eigenvalue weighted by Gasteiger charge is 2.13. The van der Waals surface area contributed by atoms with Crippen LogP contribution < -0.4 is 15.6 Å². The molecular formula is C15H16FN3O4S2. The van der Waals surface area contributed by atoms with Gasteiger partial charge in [0.2, 0.25) is 15.9 Å². The number of thiophene rings is 1. The van der Waals surface area contributed by atoms with Crippen LogP contribution in [0, 0.1) is 5.82 Å². The molecule has 0 aliphatic rings. The summed E-state index contributed by atoms with van der Waals surface area (Å²) in [6.07, 6.45) is 0.262. The molecule has 1 heterocycles. The predicted octanol–water partition coefficient (Wildman–Crippen LogP) is 1.41. The van der Waals surface area contributed by atoms with Gasteiger partial charge in [-0.1, -0.05) is 6.07 Å². The van der Waals surface area contributed by atoms with Crippen LogP contribution in [-0.4, -0.2) is 26.8 Å². The molecule has 25 heavy (non-hydrogen) atoms. The molecule has 134 valence electrons. The van der Waals surface area contributed by atoms with Crippen molar-refractivity contribution in [2.75, 3.05) is 6.54 Å². The van der Waals surface area contributed by atoms with Crippen molar-refractivity contribution in [1.82, 2.24) is 15.6 Å². The van der Waals surface area contributed by atoms with Crippen molar-refractivity contribution in [2.24, 2.45) is 0 Å². The van der Waals surface area contributed by atoms with Crippen molar-refractivity contribution in [3.8, 4) is 0 Å². The molecule has 0 radical (unpaired) electrons. The van der Waals surface area contributed by atoms with Crippen LogP contribution in [0.1, 0.15) is 22.5 Å². The third kappa shape index (κ3) is 5.93. The molecule has 0 bridgehead atoms. The van der Waals surface area contributed by atoms with Gasteiger partial charge in [0.25, 0.3) is 5.91 Å². The monoisotopic (exact) mass is 385 g/mol. The number of hydrazine groups is 1. The first kappa shape index (κ1) is 19.0. The Labute approximate surface area is 148 Å². The van der Waals surface area contributed by atoms with E-state index < -0.39 is 27.7 Å². The second-order valence-electron chi connectivity index (χ2n) is 4.93. The SMILES string of the molecule is O=C(CCCNS(=O)(=O)c1ccc(F)cc1)NNC(=O)c1cccs1. The molecular weight excluding hydrogens is 369 g/mol. The van der Waals surface area contributed by atoms with E-state index in [4.69, 9.17) is 0 Å². The van der Waals surface area contributed by atoms with Crippen LogP contribution in [0.5, 0.6) is 0 Å². The van der Waals surface area contributed by atoms with Crippen LogP contribution in [0.15, 0.2) is 46.7 Å². The molecule has 10 heteroatoms. The van der Waals surface area contributed by atoms with Crippen LogP contribution in [0.25, 0.3) is 0 Å². The van der Waals surface area contributed by atoms with E-state index in [1.807, 2.05) is 0 Å². The van der Waals surface area contributed by atoms with Gasteiger partial charge in [0, 0.05) is 13.0 Å². The maximum Gasteiger partial charge on any atom is 0.279 e. The van der Waals surface area contributed by atoms with Crippen molar-refractivity contribution >= 4 is 33.2 Å². The Morgan fingerprint density at radius 3 is 2.44 bits per heavy atom. The number of carbonyl (C=O) groups excluding carboxylic acids is 2. The molecule has 0 aliphatic carbocycles. The average molecular weight is 385 g/mol. The fraction of sp³-hybridized carbons (Fsp3) is 0.200. The van der Waals surface area contributed by atoms with E-state index in [1.165, 1.54) is 11.3 Å². The highest BCUT2D eigenvalue weighted by atomic mass is 32.2. The summed E-state index contributed by atoms with van der Waals surface area (Å²) in [5.41, 5.74) is 4.53. The Kier molecular flexibility index (Phi) is 6.62. The number of amides is 2. The molecule has 2 aromatic rings. The van der Waals surface area contributed by atoms with Crippen molar-refractivity contribution < 1.29 is 22.4 Å². The lowest BCUT2D eigenvalue weighted by atomic mass is 10.3. The Morgan fingerprint density at radius 2 is 1.80 bits per heavy atom. The summed E-state index contributed by atoms with van der Waals surface area (Å²) < 4.78 is 39.0. The molecule has 0 aliphatic heterocycles. The van der Waals surface area contributed by atoms with Crippen LogP contribution >= 0.6 is 11.3 Å². The zero-order valence-electron chi connectivity index (χ0n) is 13.0. The maximum atomic E-state index is 12.8. The molecule has 0 saturated carbocycles. The minimum Gasteiger partial charge on any atom is -0.273 e. The minimum atomic E-state index is -3.75. The van der Waals surface area contributed by atoms with Gasteiger partial charge in [0.1, 0.15) is 5.82 Å². The Hall–Kier alpha value is -2.30. The highest BCUT2D eigenvalue weighted by molar-refractivity contribution is 7.89. The fourth-order valence-corrected chi connectivity index (χ4v) is 3.50. The van der Waals surface area contributed by atoms with Crippen molar-refractivity contribution in [2.45, 2.75) is 17.7 Å². The predicted molar refractivity (Wildman–Crippen MR) is 90.8 cm³/mol. The number of hydrogen-bond donors (Lipinski definition) is 3. The van der Waals surface area contributed by atoms with Gasteiger partial charge in [-0.2, -0.15) is 0 Å². The summed E-state index contributed by atoms with van der Waals surface area (Å²) in [4.78, 5) is 23.6. The number of nitrogens with one attached hydrogen (secondary N) is 3. The quantitative estimate of drug-likeness (QED) is 0.495. The summed E-state index contributed by atoms with van der Waals surface area (Å²) in [7, 11) is -3.75. The number of carbonyl (C=O) groups is 2. The van der Waals surface area contributed by atoms with Crippen molar-refractivity contribution in [3.05, 3.63) is 52.5 Å². The smallest absolute Gasteiger partial charge is 0.273 e. The third-order valence-electron chi connectivity index (χ3n) is 3.06. The largest absolute Gasteiger partial charge is 0.279 e. The van der Waals surface area contributed by atoms with Crippen LogP contribution in [0.2, 0.25) is 0 Å². The first-order valence-electron chi connectivity index (χ1n) is 7.26. The zero-order chi connectivity index (χ0) is 18.3. The van der Waals surface area contributed by atoms with Gasteiger partial charge in [0.05, 0.1) is 9.77 Å². The minimum absolute atomic E-state index is 0.0245. The molecule has 0 spiro atoms. The molecule has 2 amide bonds. The molecule has 0 unspecified atom stereocenters. The topological polar surface area (TPSA) is 104 Å². The molecule has 0 fully saturated rings. The van der Waals surface area contributed by atoms with E-state index in [9.17, 15) is 22.4 Å². The molecule has 2 rings (SSSR count). The van der Waals surface area contributed by atoms with Crippen molar-refractivity contribution in [1.29, 1.82) is 0 Å². The van der Waals surface area contributed by atoms with E-state index in [0.29, 0.717) is 4.88 Å². The second kappa shape index (κ2) is 8.70. The van der Waals surface area contributed by atoms with E-state index in [0.717, 1.165) is 24.3 Å². The number of benzene rings is 1.